The van der Waals surface area contributed by atoms with Crippen LogP contribution in [0.4, 0.5) is 0 Å². The van der Waals surface area contributed by atoms with Crippen molar-refractivity contribution in [2.75, 3.05) is 7.05 Å². The molecule has 7 heteroatoms. The van der Waals surface area contributed by atoms with E-state index in [2.05, 4.69) is 0 Å². The van der Waals surface area contributed by atoms with Crippen LogP contribution in [0.5, 0.6) is 0 Å². The molecular formula is C20H14ClNO4S. The molecule has 0 fully saturated rings. The highest BCUT2D eigenvalue weighted by Crippen LogP contribution is 2.37. The second-order valence-corrected chi connectivity index (χ2v) is 8.52. The summed E-state index contributed by atoms with van der Waals surface area (Å²) < 4.78 is 26.5. The maximum Gasteiger partial charge on any atom is 0.265 e. The van der Waals surface area contributed by atoms with Crippen LogP contribution in [0.15, 0.2) is 71.3 Å². The van der Waals surface area contributed by atoms with Crippen LogP contribution in [0.3, 0.4) is 0 Å². The van der Waals surface area contributed by atoms with Gasteiger partial charge in [0, 0.05) is 12.6 Å². The van der Waals surface area contributed by atoms with Crippen LogP contribution < -0.4 is 0 Å². The maximum absolute atomic E-state index is 13.0. The van der Waals surface area contributed by atoms with Crippen molar-refractivity contribution in [2.45, 2.75) is 4.90 Å². The number of allylic oxidation sites excluding steroid dienone is 1. The number of ketones is 1. The van der Waals surface area contributed by atoms with Crippen molar-refractivity contribution in [3.8, 4) is 0 Å². The maximum atomic E-state index is 13.0. The number of likely N-dealkylation sites (N-methyl/N-ethyl adjacent to an activating group) is 1. The molecular weight excluding hydrogens is 386 g/mol. The van der Waals surface area contributed by atoms with Gasteiger partial charge in [0.25, 0.3) is 10.0 Å². The van der Waals surface area contributed by atoms with E-state index in [4.69, 9.17) is 11.6 Å². The quantitative estimate of drug-likeness (QED) is 0.490. The van der Waals surface area contributed by atoms with Crippen LogP contribution in [0.25, 0.3) is 16.5 Å². The van der Waals surface area contributed by atoms with E-state index in [1.807, 2.05) is 24.3 Å². The molecule has 1 aliphatic rings. The average Bonchev–Trinajstić information content (AvgIpc) is 2.66. The molecule has 0 aliphatic carbocycles. The Morgan fingerprint density at radius 2 is 1.70 bits per heavy atom. The fourth-order valence-corrected chi connectivity index (χ4v) is 4.93. The lowest BCUT2D eigenvalue weighted by atomic mass is 10.0. The van der Waals surface area contributed by atoms with Gasteiger partial charge in [0.2, 0.25) is 5.78 Å². The minimum absolute atomic E-state index is 0.0259. The molecule has 1 heterocycles. The second kappa shape index (κ2) is 6.11. The number of carbonyl (C=O) groups excluding carboxylic acids is 1. The van der Waals surface area contributed by atoms with Gasteiger partial charge in [-0.2, -0.15) is 0 Å². The second-order valence-electron chi connectivity index (χ2n) is 6.17. The number of hydrogen-bond donors (Lipinski definition) is 1. The fraction of sp³-hybridized carbons (Fsp3) is 0.0500. The van der Waals surface area contributed by atoms with Crippen LogP contribution in [0, 0.1) is 0 Å². The van der Waals surface area contributed by atoms with Gasteiger partial charge in [0.15, 0.2) is 5.76 Å². The van der Waals surface area contributed by atoms with Gasteiger partial charge >= 0.3 is 0 Å². The third kappa shape index (κ3) is 2.60. The Morgan fingerprint density at radius 1 is 1.00 bits per heavy atom. The molecule has 0 atom stereocenters. The standard InChI is InChI=1S/C20H14ClNO4S/c1-22-18(19(23)14-10-9-12-5-2-3-6-13(12)11-14)20(24)17-15(21)7-4-8-16(17)27(22,25)26/h2-11,23H,1H3/b19-18-. The van der Waals surface area contributed by atoms with Gasteiger partial charge in [-0.25, -0.2) is 8.42 Å². The summed E-state index contributed by atoms with van der Waals surface area (Å²) in [6.45, 7) is 0. The van der Waals surface area contributed by atoms with Crippen molar-refractivity contribution in [2.24, 2.45) is 0 Å². The largest absolute Gasteiger partial charge is 0.505 e. The predicted octanol–water partition coefficient (Wildman–Crippen LogP) is 4.24. The Hall–Kier alpha value is -2.83. The third-order valence-electron chi connectivity index (χ3n) is 4.62. The number of sulfonamides is 1. The first-order valence-electron chi connectivity index (χ1n) is 8.07. The summed E-state index contributed by atoms with van der Waals surface area (Å²) in [6.07, 6.45) is 0. The Morgan fingerprint density at radius 3 is 2.44 bits per heavy atom. The summed E-state index contributed by atoms with van der Waals surface area (Å²) in [5.74, 6) is -1.05. The summed E-state index contributed by atoms with van der Waals surface area (Å²) in [5, 5.41) is 12.6. The molecule has 3 aromatic rings. The molecule has 1 aliphatic heterocycles. The Bertz CT molecular complexity index is 1250. The number of hydrogen-bond acceptors (Lipinski definition) is 4. The monoisotopic (exact) mass is 399 g/mol. The number of rotatable bonds is 1. The van der Waals surface area contributed by atoms with Crippen LogP contribution in [-0.4, -0.2) is 30.7 Å². The first-order chi connectivity index (χ1) is 12.8. The number of halogens is 1. The predicted molar refractivity (Wildman–Crippen MR) is 104 cm³/mol. The Kier molecular flexibility index (Phi) is 3.98. The van der Waals surface area contributed by atoms with E-state index >= 15 is 0 Å². The van der Waals surface area contributed by atoms with E-state index in [1.54, 1.807) is 18.2 Å². The summed E-state index contributed by atoms with van der Waals surface area (Å²) in [7, 11) is -2.77. The number of fused-ring (bicyclic) bond motifs is 2. The minimum atomic E-state index is -4.01. The molecule has 5 nitrogen and oxygen atoms in total. The van der Waals surface area contributed by atoms with Crippen molar-refractivity contribution >= 4 is 43.9 Å². The minimum Gasteiger partial charge on any atom is -0.505 e. The van der Waals surface area contributed by atoms with Gasteiger partial charge in [-0.15, -0.1) is 0 Å². The summed E-state index contributed by atoms with van der Waals surface area (Å²) >= 11 is 6.10. The zero-order valence-corrected chi connectivity index (χ0v) is 15.8. The van der Waals surface area contributed by atoms with Crippen molar-refractivity contribution < 1.29 is 18.3 Å². The number of Topliss-reactive ketones (excluding diaryl/α,β-unsaturated/α-hetero) is 1. The SMILES string of the molecule is CN1/C(=C(\O)c2ccc3ccccc3c2)C(=O)c2c(Cl)cccc2S1(=O)=O. The highest BCUT2D eigenvalue weighted by molar-refractivity contribution is 7.89. The molecule has 27 heavy (non-hydrogen) atoms. The normalized spacial score (nSPS) is 17.7. The summed E-state index contributed by atoms with van der Waals surface area (Å²) in [4.78, 5) is 12.8. The molecule has 1 N–H and O–H groups in total. The molecule has 0 spiro atoms. The molecule has 3 aromatic carbocycles. The van der Waals surface area contributed by atoms with Gasteiger partial charge in [-0.05, 0) is 29.0 Å². The average molecular weight is 400 g/mol. The lowest BCUT2D eigenvalue weighted by Crippen LogP contribution is -2.37. The highest BCUT2D eigenvalue weighted by atomic mass is 35.5. The van der Waals surface area contributed by atoms with Crippen molar-refractivity contribution in [1.82, 2.24) is 4.31 Å². The Labute approximate surface area is 161 Å². The van der Waals surface area contributed by atoms with Gasteiger partial charge < -0.3 is 5.11 Å². The van der Waals surface area contributed by atoms with E-state index in [-0.39, 0.29) is 21.2 Å². The van der Waals surface area contributed by atoms with Crippen molar-refractivity contribution in [3.05, 3.63) is 82.5 Å². The highest BCUT2D eigenvalue weighted by Gasteiger charge is 2.40. The molecule has 0 aromatic heterocycles. The summed E-state index contributed by atoms with van der Waals surface area (Å²) in [5.41, 5.74) is -0.111. The van der Waals surface area contributed by atoms with Crippen molar-refractivity contribution in [1.29, 1.82) is 0 Å². The molecule has 4 rings (SSSR count). The molecule has 0 radical (unpaired) electrons. The first kappa shape index (κ1) is 17.6. The van der Waals surface area contributed by atoms with E-state index in [9.17, 15) is 18.3 Å². The zero-order chi connectivity index (χ0) is 19.3. The van der Waals surface area contributed by atoms with E-state index < -0.39 is 21.6 Å². The van der Waals surface area contributed by atoms with Gasteiger partial charge in [-0.3, -0.25) is 9.10 Å². The molecule has 0 saturated carbocycles. The van der Waals surface area contributed by atoms with E-state index in [0.717, 1.165) is 15.1 Å². The van der Waals surface area contributed by atoms with Gasteiger partial charge in [-0.1, -0.05) is 54.1 Å². The van der Waals surface area contributed by atoms with E-state index in [1.165, 1.54) is 25.2 Å². The zero-order valence-electron chi connectivity index (χ0n) is 14.2. The number of benzene rings is 3. The van der Waals surface area contributed by atoms with Crippen LogP contribution in [0.1, 0.15) is 15.9 Å². The first-order valence-corrected chi connectivity index (χ1v) is 9.88. The fourth-order valence-electron chi connectivity index (χ4n) is 3.20. The van der Waals surface area contributed by atoms with Crippen LogP contribution in [-0.2, 0) is 10.0 Å². The van der Waals surface area contributed by atoms with Gasteiger partial charge in [0.1, 0.15) is 10.6 Å². The molecule has 0 bridgehead atoms. The number of nitrogens with zero attached hydrogens (tertiary/aromatic N) is 1. The topological polar surface area (TPSA) is 74.7 Å². The lowest BCUT2D eigenvalue weighted by molar-refractivity contribution is 0.100. The third-order valence-corrected chi connectivity index (χ3v) is 6.73. The number of aliphatic hydroxyl groups excluding tert-OH is 1. The smallest absolute Gasteiger partial charge is 0.265 e. The number of aliphatic hydroxyl groups is 1. The van der Waals surface area contributed by atoms with Crippen LogP contribution >= 0.6 is 11.6 Å². The molecule has 0 amide bonds. The molecule has 0 saturated heterocycles. The lowest BCUT2D eigenvalue weighted by Gasteiger charge is -2.29. The Balaban J connectivity index is 1.99. The summed E-state index contributed by atoms with van der Waals surface area (Å²) in [6, 6.07) is 16.9. The number of carbonyl (C=O) groups is 1. The molecule has 136 valence electrons. The van der Waals surface area contributed by atoms with Gasteiger partial charge in [0.05, 0.1) is 10.6 Å². The van der Waals surface area contributed by atoms with Crippen molar-refractivity contribution in [3.63, 3.8) is 0 Å². The van der Waals surface area contributed by atoms with Crippen LogP contribution in [0.2, 0.25) is 5.02 Å². The molecule has 0 unspecified atom stereocenters. The van der Waals surface area contributed by atoms with E-state index in [0.29, 0.717) is 5.56 Å².